The standard InChI is InChI=1S/C18H20N2O5S/c1-22-14-3-5-15(6-4-14)23-10-13(21)9-19-18(26)20-12-2-7-16-17(8-12)25-11-24-16/h2-8,13,21H,9-11H2,1H3,(H2,19,20,26)/t13-/m0/s1. The van der Waals surface area contributed by atoms with E-state index in [1.807, 2.05) is 12.1 Å². The van der Waals surface area contributed by atoms with Gasteiger partial charge in [0, 0.05) is 18.3 Å². The molecule has 0 fully saturated rings. The molecule has 1 aliphatic rings. The lowest BCUT2D eigenvalue weighted by Crippen LogP contribution is -2.37. The van der Waals surface area contributed by atoms with E-state index in [2.05, 4.69) is 10.6 Å². The van der Waals surface area contributed by atoms with E-state index in [4.69, 9.17) is 31.2 Å². The largest absolute Gasteiger partial charge is 0.497 e. The molecule has 138 valence electrons. The van der Waals surface area contributed by atoms with Gasteiger partial charge in [0.25, 0.3) is 0 Å². The zero-order valence-corrected chi connectivity index (χ0v) is 15.0. The van der Waals surface area contributed by atoms with Gasteiger partial charge in [0.05, 0.1) is 7.11 Å². The van der Waals surface area contributed by atoms with Crippen molar-refractivity contribution in [1.82, 2.24) is 5.32 Å². The molecule has 0 saturated carbocycles. The predicted molar refractivity (Wildman–Crippen MR) is 101 cm³/mol. The topological polar surface area (TPSA) is 81.2 Å². The maximum Gasteiger partial charge on any atom is 0.231 e. The molecule has 0 saturated heterocycles. The van der Waals surface area contributed by atoms with Gasteiger partial charge in [-0.2, -0.15) is 0 Å². The lowest BCUT2D eigenvalue weighted by atomic mass is 10.3. The van der Waals surface area contributed by atoms with Crippen LogP contribution in [0.4, 0.5) is 5.69 Å². The van der Waals surface area contributed by atoms with E-state index >= 15 is 0 Å². The summed E-state index contributed by atoms with van der Waals surface area (Å²) in [5, 5.41) is 16.4. The summed E-state index contributed by atoms with van der Waals surface area (Å²) >= 11 is 5.23. The second kappa shape index (κ2) is 8.59. The molecule has 0 aromatic heterocycles. The second-order valence-electron chi connectivity index (χ2n) is 5.54. The van der Waals surface area contributed by atoms with Crippen LogP contribution in [-0.4, -0.2) is 43.4 Å². The van der Waals surface area contributed by atoms with E-state index in [1.54, 1.807) is 37.4 Å². The second-order valence-corrected chi connectivity index (χ2v) is 5.95. The highest BCUT2D eigenvalue weighted by molar-refractivity contribution is 7.80. The number of ether oxygens (including phenoxy) is 4. The molecular formula is C18H20N2O5S. The van der Waals surface area contributed by atoms with Gasteiger partial charge in [-0.1, -0.05) is 0 Å². The predicted octanol–water partition coefficient (Wildman–Crippen LogP) is 2.15. The van der Waals surface area contributed by atoms with Crippen LogP contribution in [0.5, 0.6) is 23.0 Å². The third kappa shape index (κ3) is 4.90. The summed E-state index contributed by atoms with van der Waals surface area (Å²) in [6, 6.07) is 12.6. The number of aliphatic hydroxyl groups excluding tert-OH is 1. The van der Waals surface area contributed by atoms with Crippen LogP contribution in [0.3, 0.4) is 0 Å². The molecule has 2 aromatic carbocycles. The van der Waals surface area contributed by atoms with Gasteiger partial charge in [0.15, 0.2) is 16.6 Å². The number of aliphatic hydroxyl groups is 1. The number of anilines is 1. The molecule has 3 rings (SSSR count). The fraction of sp³-hybridized carbons (Fsp3) is 0.278. The van der Waals surface area contributed by atoms with Gasteiger partial charge in [-0.15, -0.1) is 0 Å². The van der Waals surface area contributed by atoms with Crippen molar-refractivity contribution in [3.8, 4) is 23.0 Å². The van der Waals surface area contributed by atoms with Gasteiger partial charge >= 0.3 is 0 Å². The third-order valence-corrected chi connectivity index (χ3v) is 3.88. The molecule has 0 unspecified atom stereocenters. The van der Waals surface area contributed by atoms with Crippen molar-refractivity contribution in [3.05, 3.63) is 42.5 Å². The number of rotatable bonds is 7. The van der Waals surface area contributed by atoms with Gasteiger partial charge in [-0.3, -0.25) is 0 Å². The molecule has 0 bridgehead atoms. The normalized spacial score (nSPS) is 13.0. The summed E-state index contributed by atoms with van der Waals surface area (Å²) in [4.78, 5) is 0. The first kappa shape index (κ1) is 18.1. The van der Waals surface area contributed by atoms with Crippen molar-refractivity contribution in [3.63, 3.8) is 0 Å². The van der Waals surface area contributed by atoms with E-state index in [9.17, 15) is 5.11 Å². The van der Waals surface area contributed by atoms with Crippen LogP contribution in [0.1, 0.15) is 0 Å². The van der Waals surface area contributed by atoms with Crippen LogP contribution < -0.4 is 29.6 Å². The number of fused-ring (bicyclic) bond motifs is 1. The number of methoxy groups -OCH3 is 1. The molecule has 0 radical (unpaired) electrons. The summed E-state index contributed by atoms with van der Waals surface area (Å²) in [7, 11) is 1.60. The van der Waals surface area contributed by atoms with E-state index in [-0.39, 0.29) is 19.9 Å². The summed E-state index contributed by atoms with van der Waals surface area (Å²) in [5.74, 6) is 2.79. The molecule has 1 atom stereocenters. The Labute approximate surface area is 156 Å². The molecule has 3 N–H and O–H groups in total. The maximum absolute atomic E-state index is 10.0. The fourth-order valence-corrected chi connectivity index (χ4v) is 2.48. The molecule has 1 heterocycles. The maximum atomic E-state index is 10.0. The molecule has 1 aliphatic heterocycles. The van der Waals surface area contributed by atoms with Crippen molar-refractivity contribution in [1.29, 1.82) is 0 Å². The van der Waals surface area contributed by atoms with Crippen molar-refractivity contribution in [2.24, 2.45) is 0 Å². The summed E-state index contributed by atoms with van der Waals surface area (Å²) in [6.07, 6.45) is -0.714. The minimum Gasteiger partial charge on any atom is -0.497 e. The lowest BCUT2D eigenvalue weighted by Gasteiger charge is -2.15. The summed E-state index contributed by atoms with van der Waals surface area (Å²) in [5.41, 5.74) is 0.774. The van der Waals surface area contributed by atoms with Crippen LogP contribution in [0.25, 0.3) is 0 Å². The van der Waals surface area contributed by atoms with Gasteiger partial charge < -0.3 is 34.7 Å². The Hall–Kier alpha value is -2.71. The molecule has 0 spiro atoms. The number of hydrogen-bond donors (Lipinski definition) is 3. The minimum absolute atomic E-state index is 0.145. The molecule has 26 heavy (non-hydrogen) atoms. The zero-order chi connectivity index (χ0) is 18.4. The highest BCUT2D eigenvalue weighted by atomic mass is 32.1. The Morgan fingerprint density at radius 2 is 1.88 bits per heavy atom. The van der Waals surface area contributed by atoms with Gasteiger partial charge in [0.2, 0.25) is 6.79 Å². The Bertz CT molecular complexity index is 754. The average molecular weight is 376 g/mol. The quantitative estimate of drug-likeness (QED) is 0.635. The minimum atomic E-state index is -0.714. The van der Waals surface area contributed by atoms with E-state index in [0.29, 0.717) is 22.4 Å². The van der Waals surface area contributed by atoms with Crippen LogP contribution in [0.15, 0.2) is 42.5 Å². The first-order valence-corrected chi connectivity index (χ1v) is 8.44. The average Bonchev–Trinajstić information content (AvgIpc) is 3.13. The first-order chi connectivity index (χ1) is 12.6. The lowest BCUT2D eigenvalue weighted by molar-refractivity contribution is 0.110. The molecule has 0 aliphatic carbocycles. The van der Waals surface area contributed by atoms with E-state index < -0.39 is 6.10 Å². The number of nitrogens with one attached hydrogen (secondary N) is 2. The highest BCUT2D eigenvalue weighted by Gasteiger charge is 2.13. The van der Waals surface area contributed by atoms with Crippen molar-refractivity contribution in [2.45, 2.75) is 6.10 Å². The van der Waals surface area contributed by atoms with Crippen molar-refractivity contribution < 1.29 is 24.1 Å². The van der Waals surface area contributed by atoms with Crippen LogP contribution in [-0.2, 0) is 0 Å². The Kier molecular flexibility index (Phi) is 5.98. The van der Waals surface area contributed by atoms with E-state index in [0.717, 1.165) is 11.4 Å². The van der Waals surface area contributed by atoms with Crippen LogP contribution >= 0.6 is 12.2 Å². The fourth-order valence-electron chi connectivity index (χ4n) is 2.28. The van der Waals surface area contributed by atoms with Gasteiger partial charge in [-0.05, 0) is 48.6 Å². The summed E-state index contributed by atoms with van der Waals surface area (Å²) in [6.45, 7) is 0.625. The molecule has 8 heteroatoms. The van der Waals surface area contributed by atoms with Crippen molar-refractivity contribution in [2.75, 3.05) is 32.4 Å². The van der Waals surface area contributed by atoms with E-state index in [1.165, 1.54) is 0 Å². The number of hydrogen-bond acceptors (Lipinski definition) is 6. The molecule has 0 amide bonds. The molecular weight excluding hydrogens is 356 g/mol. The molecule has 7 nitrogen and oxygen atoms in total. The number of benzene rings is 2. The van der Waals surface area contributed by atoms with Crippen LogP contribution in [0.2, 0.25) is 0 Å². The smallest absolute Gasteiger partial charge is 0.231 e. The highest BCUT2D eigenvalue weighted by Crippen LogP contribution is 2.34. The Morgan fingerprint density at radius 3 is 2.65 bits per heavy atom. The summed E-state index contributed by atoms with van der Waals surface area (Å²) < 4.78 is 21.2. The van der Waals surface area contributed by atoms with Crippen LogP contribution in [0, 0.1) is 0 Å². The Morgan fingerprint density at radius 1 is 1.15 bits per heavy atom. The zero-order valence-electron chi connectivity index (χ0n) is 14.2. The van der Waals surface area contributed by atoms with Crippen molar-refractivity contribution >= 4 is 23.0 Å². The monoisotopic (exact) mass is 376 g/mol. The SMILES string of the molecule is COc1ccc(OC[C@@H](O)CNC(=S)Nc2ccc3c(c2)OCO3)cc1. The molecule has 2 aromatic rings. The number of thiocarbonyl (C=S) groups is 1. The first-order valence-electron chi connectivity index (χ1n) is 8.03. The third-order valence-electron chi connectivity index (χ3n) is 3.63. The van der Waals surface area contributed by atoms with Gasteiger partial charge in [-0.25, -0.2) is 0 Å². The Balaban J connectivity index is 1.39. The van der Waals surface area contributed by atoms with Gasteiger partial charge in [0.1, 0.15) is 24.2 Å².